The zero-order chi connectivity index (χ0) is 7.84. The zero-order valence-corrected chi connectivity index (χ0v) is 7.07. The summed E-state index contributed by atoms with van der Waals surface area (Å²) in [5, 5.41) is 0. The maximum atomic E-state index is 11.9. The van der Waals surface area contributed by atoms with Crippen LogP contribution in [0.15, 0.2) is 0 Å². The van der Waals surface area contributed by atoms with Gasteiger partial charge in [-0.1, -0.05) is 0 Å². The van der Waals surface area contributed by atoms with Crippen LogP contribution in [0.25, 0.3) is 0 Å². The summed E-state index contributed by atoms with van der Waals surface area (Å²) < 4.78 is 28.3. The van der Waals surface area contributed by atoms with Crippen molar-refractivity contribution in [2.45, 2.75) is 31.8 Å². The number of rotatable bonds is 2. The Morgan fingerprint density at radius 3 is 2.45 bits per heavy atom. The van der Waals surface area contributed by atoms with Crippen molar-refractivity contribution < 1.29 is 12.9 Å². The van der Waals surface area contributed by atoms with Crippen LogP contribution >= 0.6 is 8.77 Å². The van der Waals surface area contributed by atoms with Crippen molar-refractivity contribution in [2.24, 2.45) is 11.8 Å². The molecule has 0 aromatic heterocycles. The van der Waals surface area contributed by atoms with Crippen LogP contribution in [-0.4, -0.2) is 6.10 Å². The third-order valence-corrected chi connectivity index (χ3v) is 3.32. The molecule has 0 saturated heterocycles. The Bertz CT molecular complexity index is 153. The molecule has 3 unspecified atom stereocenters. The molecule has 4 heteroatoms. The lowest BCUT2D eigenvalue weighted by Crippen LogP contribution is -2.17. The summed E-state index contributed by atoms with van der Waals surface area (Å²) in [4.78, 5) is 0. The maximum absolute atomic E-state index is 11.9. The first-order valence-electron chi connectivity index (χ1n) is 4.04. The minimum atomic E-state index is -3.12. The lowest BCUT2D eigenvalue weighted by Gasteiger charge is -2.20. The Balaban J connectivity index is 1.87. The van der Waals surface area contributed by atoms with Crippen LogP contribution in [-0.2, 0) is 4.52 Å². The average molecular weight is 180 g/mol. The topological polar surface area (TPSA) is 9.23 Å². The zero-order valence-electron chi connectivity index (χ0n) is 6.17. The van der Waals surface area contributed by atoms with Gasteiger partial charge < -0.3 is 4.52 Å². The lowest BCUT2D eigenvalue weighted by molar-refractivity contribution is 0.137. The van der Waals surface area contributed by atoms with Gasteiger partial charge in [-0.25, -0.2) is 0 Å². The molecule has 0 aliphatic heterocycles. The van der Waals surface area contributed by atoms with Gasteiger partial charge in [0.15, 0.2) is 0 Å². The Morgan fingerprint density at radius 2 is 2.00 bits per heavy atom. The van der Waals surface area contributed by atoms with Gasteiger partial charge in [-0.05, 0) is 37.5 Å². The van der Waals surface area contributed by atoms with Crippen molar-refractivity contribution in [2.75, 3.05) is 0 Å². The molecule has 0 aromatic rings. The molecule has 0 spiro atoms. The van der Waals surface area contributed by atoms with Crippen LogP contribution in [0.1, 0.15) is 25.7 Å². The van der Waals surface area contributed by atoms with Crippen LogP contribution in [0, 0.1) is 11.8 Å². The molecule has 0 N–H and O–H groups in total. The van der Waals surface area contributed by atoms with E-state index < -0.39 is 8.77 Å². The fourth-order valence-corrected chi connectivity index (χ4v) is 2.88. The second-order valence-corrected chi connectivity index (χ2v) is 4.14. The first kappa shape index (κ1) is 7.88. The van der Waals surface area contributed by atoms with Crippen molar-refractivity contribution in [3.05, 3.63) is 0 Å². The van der Waals surface area contributed by atoms with E-state index in [-0.39, 0.29) is 6.10 Å². The second-order valence-electron chi connectivity index (χ2n) is 3.52. The van der Waals surface area contributed by atoms with E-state index in [4.69, 9.17) is 0 Å². The van der Waals surface area contributed by atoms with Crippen molar-refractivity contribution in [1.29, 1.82) is 0 Å². The van der Waals surface area contributed by atoms with E-state index in [1.807, 2.05) is 0 Å². The number of hydrogen-bond donors (Lipinski definition) is 0. The fourth-order valence-electron chi connectivity index (χ4n) is 2.42. The number of hydrogen-bond acceptors (Lipinski definition) is 1. The van der Waals surface area contributed by atoms with Gasteiger partial charge in [0.05, 0.1) is 6.10 Å². The minimum absolute atomic E-state index is 0.102. The van der Waals surface area contributed by atoms with Gasteiger partial charge in [-0.15, -0.1) is 0 Å². The highest BCUT2D eigenvalue weighted by molar-refractivity contribution is 7.40. The molecule has 2 saturated carbocycles. The van der Waals surface area contributed by atoms with E-state index >= 15 is 0 Å². The molecular formula is C7H11F2OP. The van der Waals surface area contributed by atoms with E-state index in [0.717, 1.165) is 19.3 Å². The van der Waals surface area contributed by atoms with E-state index in [2.05, 4.69) is 4.52 Å². The molecule has 0 amide bonds. The molecule has 0 heterocycles. The van der Waals surface area contributed by atoms with Gasteiger partial charge in [-0.2, -0.15) is 8.39 Å². The molecule has 0 radical (unpaired) electrons. The third-order valence-electron chi connectivity index (χ3n) is 2.89. The van der Waals surface area contributed by atoms with Gasteiger partial charge in [0.1, 0.15) is 0 Å². The van der Waals surface area contributed by atoms with E-state index in [0.29, 0.717) is 11.8 Å². The lowest BCUT2D eigenvalue weighted by atomic mass is 9.98. The van der Waals surface area contributed by atoms with Crippen molar-refractivity contribution >= 4 is 8.77 Å². The van der Waals surface area contributed by atoms with Gasteiger partial charge in [-0.3, -0.25) is 0 Å². The van der Waals surface area contributed by atoms with Gasteiger partial charge >= 0.3 is 8.77 Å². The van der Waals surface area contributed by atoms with Gasteiger partial charge in [0.25, 0.3) is 0 Å². The van der Waals surface area contributed by atoms with Gasteiger partial charge in [0, 0.05) is 0 Å². The van der Waals surface area contributed by atoms with Crippen molar-refractivity contribution in [3.63, 3.8) is 0 Å². The molecule has 2 fully saturated rings. The van der Waals surface area contributed by atoms with Crippen LogP contribution in [0.2, 0.25) is 0 Å². The number of fused-ring (bicyclic) bond motifs is 2. The first-order chi connectivity index (χ1) is 5.25. The van der Waals surface area contributed by atoms with Gasteiger partial charge in [0.2, 0.25) is 0 Å². The molecule has 1 nitrogen and oxygen atoms in total. The Labute approximate surface area is 66.2 Å². The summed E-state index contributed by atoms with van der Waals surface area (Å²) in [6.07, 6.45) is 4.26. The van der Waals surface area contributed by atoms with Crippen LogP contribution in [0.5, 0.6) is 0 Å². The van der Waals surface area contributed by atoms with E-state index in [1.165, 1.54) is 6.42 Å². The highest BCUT2D eigenvalue weighted by Crippen LogP contribution is 2.52. The quantitative estimate of drug-likeness (QED) is 0.592. The summed E-state index contributed by atoms with van der Waals surface area (Å²) in [7, 11) is -3.12. The Kier molecular flexibility index (Phi) is 2.11. The highest BCUT2D eigenvalue weighted by atomic mass is 31.2. The first-order valence-corrected chi connectivity index (χ1v) is 5.08. The molecule has 2 aliphatic rings. The summed E-state index contributed by atoms with van der Waals surface area (Å²) in [6.45, 7) is 0. The summed E-state index contributed by atoms with van der Waals surface area (Å²) in [5.74, 6) is 1.15. The standard InChI is InChI=1S/C7H11F2OP/c8-11(9)10-7-4-5-1-2-6(7)3-5/h5-7H,1-4H2. The van der Waals surface area contributed by atoms with Crippen LogP contribution in [0.3, 0.4) is 0 Å². The van der Waals surface area contributed by atoms with Crippen LogP contribution < -0.4 is 0 Å². The van der Waals surface area contributed by atoms with E-state index in [9.17, 15) is 8.39 Å². The predicted molar refractivity (Wildman–Crippen MR) is 39.5 cm³/mol. The minimum Gasteiger partial charge on any atom is -0.302 e. The number of halogens is 2. The molecule has 11 heavy (non-hydrogen) atoms. The molecule has 3 atom stereocenters. The molecule has 64 valence electrons. The Hall–Kier alpha value is 0.250. The smallest absolute Gasteiger partial charge is 0.302 e. The molecule has 2 bridgehead atoms. The fraction of sp³-hybridized carbons (Fsp3) is 1.00. The molecular weight excluding hydrogens is 169 g/mol. The summed E-state index contributed by atoms with van der Waals surface area (Å²) in [5.41, 5.74) is 0. The summed E-state index contributed by atoms with van der Waals surface area (Å²) in [6, 6.07) is 0. The Morgan fingerprint density at radius 1 is 1.18 bits per heavy atom. The highest BCUT2D eigenvalue weighted by Gasteiger charge is 2.41. The molecule has 2 aliphatic carbocycles. The maximum Gasteiger partial charge on any atom is 0.415 e. The summed E-state index contributed by atoms with van der Waals surface area (Å²) >= 11 is 0. The monoisotopic (exact) mass is 180 g/mol. The normalized spacial score (nSPS) is 42.3. The third kappa shape index (κ3) is 1.54. The average Bonchev–Trinajstić information content (AvgIpc) is 2.45. The van der Waals surface area contributed by atoms with Crippen molar-refractivity contribution in [3.8, 4) is 0 Å². The largest absolute Gasteiger partial charge is 0.415 e. The van der Waals surface area contributed by atoms with E-state index in [1.54, 1.807) is 0 Å². The van der Waals surface area contributed by atoms with Crippen molar-refractivity contribution in [1.82, 2.24) is 0 Å². The second kappa shape index (κ2) is 2.95. The molecule has 2 rings (SSSR count). The predicted octanol–water partition coefficient (Wildman–Crippen LogP) is 3.36. The molecule has 0 aromatic carbocycles. The van der Waals surface area contributed by atoms with Crippen LogP contribution in [0.4, 0.5) is 8.39 Å². The SMILES string of the molecule is FP(F)OC1CC2CCC1C2.